The topological polar surface area (TPSA) is 60.2 Å². The van der Waals surface area contributed by atoms with Crippen LogP contribution in [0.2, 0.25) is 0 Å². The molecule has 2 aromatic carbocycles. The first-order chi connectivity index (χ1) is 12.1. The smallest absolute Gasteiger partial charge is 0.270 e. The highest BCUT2D eigenvalue weighted by atomic mass is 16.6. The summed E-state index contributed by atoms with van der Waals surface area (Å²) in [6, 6.07) is 14.1. The Hall–Kier alpha value is -2.75. The van der Waals surface area contributed by atoms with E-state index in [9.17, 15) is 14.9 Å². The molecule has 0 aromatic heterocycles. The van der Waals surface area contributed by atoms with Gasteiger partial charge in [0, 0.05) is 17.7 Å². The van der Waals surface area contributed by atoms with Crippen molar-refractivity contribution in [2.45, 2.75) is 38.0 Å². The van der Waals surface area contributed by atoms with Crippen LogP contribution in [0.25, 0.3) is 6.08 Å². The van der Waals surface area contributed by atoms with Crippen molar-refractivity contribution >= 4 is 17.5 Å². The van der Waals surface area contributed by atoms with Crippen LogP contribution in [-0.2, 0) is 0 Å². The molecular formula is C21H21NO3. The Bertz CT molecular complexity index is 787. The number of hydrogen-bond donors (Lipinski definition) is 0. The van der Waals surface area contributed by atoms with E-state index in [1.807, 2.05) is 12.1 Å². The quantitative estimate of drug-likeness (QED) is 0.312. The lowest BCUT2D eigenvalue weighted by atomic mass is 9.84. The molecule has 128 valence electrons. The molecule has 1 aliphatic rings. The first-order valence-corrected chi connectivity index (χ1v) is 8.70. The lowest BCUT2D eigenvalue weighted by Gasteiger charge is -2.21. The zero-order valence-corrected chi connectivity index (χ0v) is 14.1. The van der Waals surface area contributed by atoms with Gasteiger partial charge in [-0.25, -0.2) is 0 Å². The van der Waals surface area contributed by atoms with E-state index in [0.29, 0.717) is 17.0 Å². The second-order valence-corrected chi connectivity index (χ2v) is 6.51. The summed E-state index contributed by atoms with van der Waals surface area (Å²) >= 11 is 0. The molecule has 0 unspecified atom stereocenters. The molecule has 4 heteroatoms. The molecule has 0 N–H and O–H groups in total. The van der Waals surface area contributed by atoms with Crippen molar-refractivity contribution in [1.82, 2.24) is 0 Å². The fraction of sp³-hybridized carbons (Fsp3) is 0.286. The van der Waals surface area contributed by atoms with Crippen LogP contribution in [0.1, 0.15) is 59.5 Å². The highest BCUT2D eigenvalue weighted by Crippen LogP contribution is 2.32. The molecule has 0 bridgehead atoms. The lowest BCUT2D eigenvalue weighted by Crippen LogP contribution is -2.05. The summed E-state index contributed by atoms with van der Waals surface area (Å²) < 4.78 is 0. The van der Waals surface area contributed by atoms with Crippen molar-refractivity contribution in [2.75, 3.05) is 0 Å². The molecule has 4 nitrogen and oxygen atoms in total. The summed E-state index contributed by atoms with van der Waals surface area (Å²) in [4.78, 5) is 22.7. The molecule has 0 spiro atoms. The van der Waals surface area contributed by atoms with Crippen LogP contribution in [-0.4, -0.2) is 10.7 Å². The van der Waals surface area contributed by atoms with Crippen LogP contribution in [0.4, 0.5) is 5.69 Å². The van der Waals surface area contributed by atoms with Crippen LogP contribution in [0, 0.1) is 10.1 Å². The molecule has 2 aromatic rings. The number of nitrogens with zero attached hydrogens (tertiary/aromatic N) is 1. The van der Waals surface area contributed by atoms with Gasteiger partial charge in [-0.3, -0.25) is 14.9 Å². The molecule has 0 radical (unpaired) electrons. The van der Waals surface area contributed by atoms with E-state index in [0.717, 1.165) is 0 Å². The lowest BCUT2D eigenvalue weighted by molar-refractivity contribution is -0.384. The van der Waals surface area contributed by atoms with Crippen molar-refractivity contribution in [3.8, 4) is 0 Å². The van der Waals surface area contributed by atoms with Crippen LogP contribution in [0.3, 0.4) is 0 Å². The van der Waals surface area contributed by atoms with E-state index in [-0.39, 0.29) is 11.5 Å². The molecule has 3 rings (SSSR count). The van der Waals surface area contributed by atoms with Gasteiger partial charge < -0.3 is 0 Å². The maximum atomic E-state index is 12.3. The van der Waals surface area contributed by atoms with Crippen LogP contribution in [0.15, 0.2) is 54.6 Å². The van der Waals surface area contributed by atoms with Gasteiger partial charge in [-0.05, 0) is 36.0 Å². The number of benzene rings is 2. The minimum atomic E-state index is -0.441. The highest BCUT2D eigenvalue weighted by Gasteiger charge is 2.15. The Balaban J connectivity index is 1.68. The minimum absolute atomic E-state index is 0.0198. The van der Waals surface area contributed by atoms with Crippen molar-refractivity contribution in [3.63, 3.8) is 0 Å². The number of ketones is 1. The van der Waals surface area contributed by atoms with E-state index in [4.69, 9.17) is 0 Å². The third-order valence-electron chi connectivity index (χ3n) is 4.78. The van der Waals surface area contributed by atoms with Crippen molar-refractivity contribution in [3.05, 3.63) is 81.4 Å². The summed E-state index contributed by atoms with van der Waals surface area (Å²) in [6.07, 6.45) is 9.46. The molecule has 1 fully saturated rings. The van der Waals surface area contributed by atoms with Crippen molar-refractivity contribution in [1.29, 1.82) is 0 Å². The van der Waals surface area contributed by atoms with Gasteiger partial charge in [0.15, 0.2) is 5.78 Å². The molecular weight excluding hydrogens is 314 g/mol. The molecule has 0 heterocycles. The fourth-order valence-electron chi connectivity index (χ4n) is 3.37. The number of allylic oxidation sites excluding steroid dienone is 1. The second kappa shape index (κ2) is 7.88. The first-order valence-electron chi connectivity index (χ1n) is 8.70. The normalized spacial score (nSPS) is 15.4. The largest absolute Gasteiger partial charge is 0.289 e. The van der Waals surface area contributed by atoms with E-state index < -0.39 is 4.92 Å². The summed E-state index contributed by atoms with van der Waals surface area (Å²) in [5, 5.41) is 10.8. The number of nitro benzene ring substituents is 1. The second-order valence-electron chi connectivity index (χ2n) is 6.51. The number of carbonyl (C=O) groups excluding carboxylic acids is 1. The summed E-state index contributed by atoms with van der Waals surface area (Å²) in [6.45, 7) is 0. The van der Waals surface area contributed by atoms with Gasteiger partial charge in [0.25, 0.3) is 5.69 Å². The molecule has 0 aliphatic heterocycles. The predicted octanol–water partition coefficient (Wildman–Crippen LogP) is 5.54. The standard InChI is InChI=1S/C21H21NO3/c23-21(14-9-16-5-4-8-20(15-16)22(24)25)19-12-10-18(11-13-19)17-6-2-1-3-7-17/h4-5,8-15,17H,1-3,6-7H2/b14-9+. The Morgan fingerprint density at radius 2 is 1.76 bits per heavy atom. The summed E-state index contributed by atoms with van der Waals surface area (Å²) in [5.41, 5.74) is 2.62. The molecule has 0 amide bonds. The Kier molecular flexibility index (Phi) is 5.39. The molecule has 25 heavy (non-hydrogen) atoms. The van der Waals surface area contributed by atoms with Gasteiger partial charge >= 0.3 is 0 Å². The minimum Gasteiger partial charge on any atom is -0.289 e. The van der Waals surface area contributed by atoms with Gasteiger partial charge in [-0.15, -0.1) is 0 Å². The third kappa shape index (κ3) is 4.41. The SMILES string of the molecule is O=C(/C=C/c1cccc([N+](=O)[O-])c1)c1ccc(C2CCCCC2)cc1. The van der Waals surface area contributed by atoms with Gasteiger partial charge in [0.05, 0.1) is 4.92 Å². The summed E-state index contributed by atoms with van der Waals surface area (Å²) in [7, 11) is 0. The molecule has 0 saturated heterocycles. The maximum absolute atomic E-state index is 12.3. The number of carbonyl (C=O) groups is 1. The molecule has 1 aliphatic carbocycles. The Morgan fingerprint density at radius 3 is 2.44 bits per heavy atom. The van der Waals surface area contributed by atoms with Gasteiger partial charge in [0.1, 0.15) is 0 Å². The Morgan fingerprint density at radius 1 is 1.04 bits per heavy atom. The average molecular weight is 335 g/mol. The van der Waals surface area contributed by atoms with Gasteiger partial charge in [-0.2, -0.15) is 0 Å². The number of non-ortho nitro benzene ring substituents is 1. The van der Waals surface area contributed by atoms with Crippen molar-refractivity contribution < 1.29 is 9.72 Å². The van der Waals surface area contributed by atoms with Crippen LogP contribution in [0.5, 0.6) is 0 Å². The monoisotopic (exact) mass is 335 g/mol. The fourth-order valence-corrected chi connectivity index (χ4v) is 3.37. The maximum Gasteiger partial charge on any atom is 0.270 e. The zero-order valence-electron chi connectivity index (χ0n) is 14.1. The van der Waals surface area contributed by atoms with Crippen LogP contribution < -0.4 is 0 Å². The number of hydrogen-bond acceptors (Lipinski definition) is 3. The Labute approximate surface area is 147 Å². The predicted molar refractivity (Wildman–Crippen MR) is 98.7 cm³/mol. The highest BCUT2D eigenvalue weighted by molar-refractivity contribution is 6.06. The zero-order chi connectivity index (χ0) is 17.6. The van der Waals surface area contributed by atoms with Gasteiger partial charge in [-0.1, -0.05) is 61.7 Å². The van der Waals surface area contributed by atoms with Crippen molar-refractivity contribution in [2.24, 2.45) is 0 Å². The first kappa shape index (κ1) is 17.1. The summed E-state index contributed by atoms with van der Waals surface area (Å²) in [5.74, 6) is 0.528. The molecule has 0 atom stereocenters. The van der Waals surface area contributed by atoms with Crippen LogP contribution >= 0.6 is 0 Å². The van der Waals surface area contributed by atoms with Gasteiger partial charge in [0.2, 0.25) is 0 Å². The van der Waals surface area contributed by atoms with E-state index in [2.05, 4.69) is 12.1 Å². The van der Waals surface area contributed by atoms with E-state index in [1.165, 1.54) is 55.9 Å². The molecule has 1 saturated carbocycles. The van der Waals surface area contributed by atoms with E-state index >= 15 is 0 Å². The number of rotatable bonds is 5. The average Bonchev–Trinajstić information content (AvgIpc) is 2.67. The third-order valence-corrected chi connectivity index (χ3v) is 4.78. The van der Waals surface area contributed by atoms with E-state index in [1.54, 1.807) is 18.2 Å². The number of nitro groups is 1.